The summed E-state index contributed by atoms with van der Waals surface area (Å²) < 4.78 is 29.9. The van der Waals surface area contributed by atoms with Crippen molar-refractivity contribution in [2.75, 3.05) is 30.8 Å². The van der Waals surface area contributed by atoms with Crippen LogP contribution >= 0.6 is 0 Å². The van der Waals surface area contributed by atoms with E-state index in [1.54, 1.807) is 12.4 Å². The van der Waals surface area contributed by atoms with Crippen molar-refractivity contribution in [3.63, 3.8) is 0 Å². The molecule has 2 saturated heterocycles. The van der Waals surface area contributed by atoms with E-state index in [4.69, 9.17) is 4.74 Å². The van der Waals surface area contributed by atoms with E-state index in [1.165, 1.54) is 15.5 Å². The van der Waals surface area contributed by atoms with Gasteiger partial charge in [-0.3, -0.25) is 9.88 Å². The Morgan fingerprint density at radius 1 is 1.25 bits per heavy atom. The zero-order valence-corrected chi connectivity index (χ0v) is 14.7. The first-order valence-corrected chi connectivity index (χ1v) is 9.92. The van der Waals surface area contributed by atoms with Crippen molar-refractivity contribution in [3.8, 4) is 0 Å². The third-order valence-corrected chi connectivity index (χ3v) is 5.80. The van der Waals surface area contributed by atoms with Crippen LogP contribution in [0.1, 0.15) is 25.5 Å². The normalized spacial score (nSPS) is 23.5. The van der Waals surface area contributed by atoms with E-state index < -0.39 is 16.1 Å². The number of cyclic esters (lactones) is 1. The molecule has 0 unspecified atom stereocenters. The summed E-state index contributed by atoms with van der Waals surface area (Å²) in [5, 5.41) is 0. The monoisotopic (exact) mass is 354 g/mol. The molecule has 0 N–H and O–H groups in total. The van der Waals surface area contributed by atoms with Gasteiger partial charge in [0.25, 0.3) is 0 Å². The number of piperidine rings is 1. The molecule has 24 heavy (non-hydrogen) atoms. The number of carbonyl (C=O) groups excluding carboxylic acids is 1. The Morgan fingerprint density at radius 3 is 2.50 bits per heavy atom. The largest absolute Gasteiger partial charge is 0.444 e. The van der Waals surface area contributed by atoms with Crippen LogP contribution in [0.3, 0.4) is 0 Å². The van der Waals surface area contributed by atoms with Crippen LogP contribution in [0, 0.1) is 5.92 Å². The molecule has 0 bridgehead atoms. The molecule has 3 rings (SSSR count). The van der Waals surface area contributed by atoms with Gasteiger partial charge in [0.1, 0.15) is 6.10 Å². The number of carbonyl (C=O) groups is 1. The molecule has 3 heterocycles. The van der Waals surface area contributed by atoms with Crippen LogP contribution in [0.25, 0.3) is 0 Å². The van der Waals surface area contributed by atoms with Gasteiger partial charge in [-0.05, 0) is 32.1 Å². The minimum atomic E-state index is -3.12. The summed E-state index contributed by atoms with van der Waals surface area (Å²) in [6, 6.07) is 0. The van der Waals surface area contributed by atoms with Crippen molar-refractivity contribution in [1.29, 1.82) is 0 Å². The third-order valence-electron chi connectivity index (χ3n) is 4.49. The Labute approximate surface area is 141 Å². The predicted molar refractivity (Wildman–Crippen MR) is 88.2 cm³/mol. The molecule has 9 heteroatoms. The highest BCUT2D eigenvalue weighted by molar-refractivity contribution is 7.88. The maximum absolute atomic E-state index is 11.9. The van der Waals surface area contributed by atoms with E-state index in [0.29, 0.717) is 37.8 Å². The molecule has 0 aromatic carbocycles. The maximum atomic E-state index is 11.9. The highest BCUT2D eigenvalue weighted by Crippen LogP contribution is 2.27. The van der Waals surface area contributed by atoms with Crippen LogP contribution in [-0.2, 0) is 21.2 Å². The van der Waals surface area contributed by atoms with Crippen molar-refractivity contribution in [3.05, 3.63) is 18.1 Å². The van der Waals surface area contributed by atoms with E-state index >= 15 is 0 Å². The standard InChI is InChI=1S/C15H22N4O4S/c1-11-10-19(15(20)23-11)14-13(16-5-6-17-14)9-12-3-7-18(8-4-12)24(2,21)22/h5-6,11-12H,3-4,7-10H2,1-2H3/t11-/m1/s1. The number of sulfonamides is 1. The van der Waals surface area contributed by atoms with Gasteiger partial charge in [-0.15, -0.1) is 0 Å². The summed E-state index contributed by atoms with van der Waals surface area (Å²) in [4.78, 5) is 22.2. The van der Waals surface area contributed by atoms with Crippen LogP contribution in [0.4, 0.5) is 10.6 Å². The highest BCUT2D eigenvalue weighted by Gasteiger charge is 2.33. The first-order chi connectivity index (χ1) is 11.3. The minimum absolute atomic E-state index is 0.162. The van der Waals surface area contributed by atoms with Gasteiger partial charge in [0.2, 0.25) is 10.0 Å². The fourth-order valence-electron chi connectivity index (χ4n) is 3.23. The number of aromatic nitrogens is 2. The molecular formula is C15H22N4O4S. The smallest absolute Gasteiger partial charge is 0.415 e. The average molecular weight is 354 g/mol. The summed E-state index contributed by atoms with van der Waals surface area (Å²) >= 11 is 0. The second-order valence-electron chi connectivity index (χ2n) is 6.44. The summed E-state index contributed by atoms with van der Waals surface area (Å²) in [5.74, 6) is 0.881. The van der Waals surface area contributed by atoms with Crippen LogP contribution in [0.2, 0.25) is 0 Å². The molecule has 1 aromatic heterocycles. The zero-order valence-electron chi connectivity index (χ0n) is 13.9. The molecule has 8 nitrogen and oxygen atoms in total. The van der Waals surface area contributed by atoms with Gasteiger partial charge in [0, 0.05) is 25.5 Å². The summed E-state index contributed by atoms with van der Waals surface area (Å²) in [5.41, 5.74) is 0.765. The molecule has 2 aliphatic rings. The first kappa shape index (κ1) is 17.1. The topological polar surface area (TPSA) is 92.7 Å². The second kappa shape index (κ2) is 6.64. The van der Waals surface area contributed by atoms with E-state index in [9.17, 15) is 13.2 Å². The quantitative estimate of drug-likeness (QED) is 0.802. The van der Waals surface area contributed by atoms with Gasteiger partial charge >= 0.3 is 6.09 Å². The van der Waals surface area contributed by atoms with Crippen molar-refractivity contribution < 1.29 is 17.9 Å². The number of ether oxygens (including phenoxy) is 1. The van der Waals surface area contributed by atoms with Gasteiger partial charge in [-0.2, -0.15) is 0 Å². The fourth-order valence-corrected chi connectivity index (χ4v) is 4.10. The molecule has 2 aliphatic heterocycles. The van der Waals surface area contributed by atoms with Crippen LogP contribution in [-0.4, -0.2) is 60.8 Å². The van der Waals surface area contributed by atoms with E-state index in [2.05, 4.69) is 9.97 Å². The Morgan fingerprint density at radius 2 is 1.92 bits per heavy atom. The molecule has 0 radical (unpaired) electrons. The maximum Gasteiger partial charge on any atom is 0.415 e. The van der Waals surface area contributed by atoms with Crippen LogP contribution in [0.5, 0.6) is 0 Å². The lowest BCUT2D eigenvalue weighted by Gasteiger charge is -2.30. The Balaban J connectivity index is 1.70. The molecular weight excluding hydrogens is 332 g/mol. The number of anilines is 1. The van der Waals surface area contributed by atoms with Gasteiger partial charge in [0.05, 0.1) is 18.5 Å². The minimum Gasteiger partial charge on any atom is -0.444 e. The van der Waals surface area contributed by atoms with E-state index in [0.717, 1.165) is 18.5 Å². The van der Waals surface area contributed by atoms with Crippen molar-refractivity contribution in [1.82, 2.24) is 14.3 Å². The number of rotatable bonds is 4. The Kier molecular flexibility index (Phi) is 4.73. The van der Waals surface area contributed by atoms with Crippen molar-refractivity contribution >= 4 is 21.9 Å². The third kappa shape index (κ3) is 3.67. The van der Waals surface area contributed by atoms with Gasteiger partial charge in [0.15, 0.2) is 5.82 Å². The number of nitrogens with zero attached hydrogens (tertiary/aromatic N) is 4. The molecule has 1 atom stereocenters. The van der Waals surface area contributed by atoms with Gasteiger partial charge in [-0.25, -0.2) is 22.5 Å². The number of amides is 1. The molecule has 0 aliphatic carbocycles. The lowest BCUT2D eigenvalue weighted by Crippen LogP contribution is -2.38. The van der Waals surface area contributed by atoms with Crippen molar-refractivity contribution in [2.24, 2.45) is 5.92 Å². The molecule has 1 amide bonds. The zero-order chi connectivity index (χ0) is 17.3. The molecule has 0 saturated carbocycles. The van der Waals surface area contributed by atoms with E-state index in [-0.39, 0.29) is 6.10 Å². The van der Waals surface area contributed by atoms with Crippen LogP contribution in [0.15, 0.2) is 12.4 Å². The van der Waals surface area contributed by atoms with Gasteiger partial charge < -0.3 is 4.74 Å². The van der Waals surface area contributed by atoms with Gasteiger partial charge in [-0.1, -0.05) is 0 Å². The second-order valence-corrected chi connectivity index (χ2v) is 8.42. The van der Waals surface area contributed by atoms with E-state index in [1.807, 2.05) is 6.92 Å². The number of hydrogen-bond donors (Lipinski definition) is 0. The lowest BCUT2D eigenvalue weighted by atomic mass is 9.93. The Hall–Kier alpha value is -1.74. The molecule has 132 valence electrons. The average Bonchev–Trinajstić information content (AvgIpc) is 2.86. The molecule has 1 aromatic rings. The number of hydrogen-bond acceptors (Lipinski definition) is 6. The summed E-state index contributed by atoms with van der Waals surface area (Å²) in [6.45, 7) is 3.37. The lowest BCUT2D eigenvalue weighted by molar-refractivity contribution is 0.149. The van der Waals surface area contributed by atoms with Crippen molar-refractivity contribution in [2.45, 2.75) is 32.3 Å². The van der Waals surface area contributed by atoms with Crippen LogP contribution < -0.4 is 4.90 Å². The Bertz CT molecular complexity index is 716. The fraction of sp³-hybridized carbons (Fsp3) is 0.667. The summed E-state index contributed by atoms with van der Waals surface area (Å²) in [7, 11) is -3.12. The summed E-state index contributed by atoms with van der Waals surface area (Å²) in [6.07, 6.45) is 6.12. The first-order valence-electron chi connectivity index (χ1n) is 8.07. The molecule has 0 spiro atoms. The molecule has 2 fully saturated rings. The SMILES string of the molecule is C[C@@H]1CN(c2nccnc2CC2CCN(S(C)(=O)=O)CC2)C(=O)O1. The highest BCUT2D eigenvalue weighted by atomic mass is 32.2. The predicted octanol–water partition coefficient (Wildman–Crippen LogP) is 1.04.